The zero-order valence-electron chi connectivity index (χ0n) is 21.0. The lowest BCUT2D eigenvalue weighted by Gasteiger charge is -2.32. The predicted octanol–water partition coefficient (Wildman–Crippen LogP) is 7.31. The number of piperidine rings is 1. The van der Waals surface area contributed by atoms with Crippen molar-refractivity contribution in [2.75, 3.05) is 16.8 Å². The molecule has 3 aromatic heterocycles. The number of imidazole rings is 1. The third-order valence-electron chi connectivity index (χ3n) is 7.65. The van der Waals surface area contributed by atoms with Gasteiger partial charge in [-0.2, -0.15) is 13.2 Å². The molecule has 1 aromatic carbocycles. The van der Waals surface area contributed by atoms with E-state index in [1.54, 1.807) is 29.2 Å². The number of aromatic nitrogens is 4. The van der Waals surface area contributed by atoms with Crippen LogP contribution in [0.5, 0.6) is 0 Å². The van der Waals surface area contributed by atoms with E-state index < -0.39 is 29.8 Å². The Labute approximate surface area is 225 Å². The first-order valence-electron chi connectivity index (χ1n) is 12.5. The largest absolute Gasteiger partial charge is 0.434 e. The molecule has 12 heteroatoms. The molecule has 1 saturated carbocycles. The highest BCUT2D eigenvalue weighted by Gasteiger charge is 2.56. The fraction of sp³-hybridized carbons (Fsp3) is 0.370. The summed E-state index contributed by atoms with van der Waals surface area (Å²) in [7, 11) is 0. The van der Waals surface area contributed by atoms with E-state index in [2.05, 4.69) is 21.9 Å². The predicted molar refractivity (Wildman–Crippen MR) is 140 cm³/mol. The molecule has 4 heterocycles. The Morgan fingerprint density at radius 3 is 2.62 bits per heavy atom. The summed E-state index contributed by atoms with van der Waals surface area (Å²) < 4.78 is 71.3. The standard InChI is InChI=1S/C27H24ClF5N6/c1-4-19-20(5-6-22(28)35-19)34-14(3)17-7-13(2)8-18-23(17)37-25(38-11-15-9-16(38)10-26(15,29)30)39-12-21(27(31,32)33)36-24(18)39/h4-8,12,14-16,34H,1,9-11H2,2-3H3. The number of nitrogens with zero attached hydrogens (tertiary/aromatic N) is 5. The molecule has 2 fully saturated rings. The summed E-state index contributed by atoms with van der Waals surface area (Å²) in [6.45, 7) is 7.53. The first kappa shape index (κ1) is 25.8. The Kier molecular flexibility index (Phi) is 5.80. The normalized spacial score (nSPS) is 21.2. The number of benzene rings is 1. The molecule has 4 aromatic rings. The van der Waals surface area contributed by atoms with E-state index in [4.69, 9.17) is 16.6 Å². The number of hydrogen-bond acceptors (Lipinski definition) is 5. The van der Waals surface area contributed by atoms with Gasteiger partial charge in [0.1, 0.15) is 10.8 Å². The van der Waals surface area contributed by atoms with Crippen molar-refractivity contribution < 1.29 is 22.0 Å². The molecule has 1 aliphatic heterocycles. The molecule has 1 saturated heterocycles. The van der Waals surface area contributed by atoms with Gasteiger partial charge in [0.2, 0.25) is 5.95 Å². The monoisotopic (exact) mass is 562 g/mol. The van der Waals surface area contributed by atoms with Crippen LogP contribution in [0.1, 0.15) is 48.3 Å². The van der Waals surface area contributed by atoms with Gasteiger partial charge in [0.05, 0.1) is 22.9 Å². The summed E-state index contributed by atoms with van der Waals surface area (Å²) in [6.07, 6.45) is -2.30. The Hall–Kier alpha value is -3.47. The highest BCUT2D eigenvalue weighted by atomic mass is 35.5. The maximum atomic E-state index is 14.3. The van der Waals surface area contributed by atoms with Crippen LogP contribution in [0.25, 0.3) is 22.6 Å². The third kappa shape index (κ3) is 4.27. The van der Waals surface area contributed by atoms with Crippen LogP contribution in [0.4, 0.5) is 33.6 Å². The average Bonchev–Trinajstić information content (AvgIpc) is 3.56. The number of fused-ring (bicyclic) bond motifs is 5. The molecule has 0 radical (unpaired) electrons. The molecule has 204 valence electrons. The van der Waals surface area contributed by atoms with Gasteiger partial charge < -0.3 is 10.2 Å². The highest BCUT2D eigenvalue weighted by Crippen LogP contribution is 2.49. The Bertz CT molecular complexity index is 1630. The number of nitrogens with one attached hydrogen (secondary N) is 1. The molecule has 1 aliphatic carbocycles. The number of hydrogen-bond donors (Lipinski definition) is 1. The zero-order valence-corrected chi connectivity index (χ0v) is 21.8. The topological polar surface area (TPSA) is 58.4 Å². The quantitative estimate of drug-likeness (QED) is 0.204. The van der Waals surface area contributed by atoms with Crippen molar-refractivity contribution in [2.24, 2.45) is 5.92 Å². The Morgan fingerprint density at radius 2 is 1.97 bits per heavy atom. The third-order valence-corrected chi connectivity index (χ3v) is 7.86. The van der Waals surface area contributed by atoms with Gasteiger partial charge in [0, 0.05) is 42.1 Å². The van der Waals surface area contributed by atoms with Crippen LogP contribution >= 0.6 is 11.6 Å². The Morgan fingerprint density at radius 1 is 1.21 bits per heavy atom. The molecule has 2 bridgehead atoms. The SMILES string of the molecule is C=Cc1nc(Cl)ccc1NC(C)c1cc(C)cc2c1nc(N1CC3CC1CC3(F)F)n1cc(C(F)(F)F)nc21. The lowest BCUT2D eigenvalue weighted by molar-refractivity contribution is -0.140. The zero-order chi connectivity index (χ0) is 27.9. The van der Waals surface area contributed by atoms with E-state index in [9.17, 15) is 22.0 Å². The molecule has 1 N–H and O–H groups in total. The molecule has 3 atom stereocenters. The van der Waals surface area contributed by atoms with E-state index in [1.165, 1.54) is 4.40 Å². The van der Waals surface area contributed by atoms with E-state index in [0.29, 0.717) is 33.0 Å². The van der Waals surface area contributed by atoms with Gasteiger partial charge in [-0.25, -0.2) is 23.7 Å². The molecular weight excluding hydrogens is 539 g/mol. The van der Waals surface area contributed by atoms with Gasteiger partial charge in [0.25, 0.3) is 5.92 Å². The van der Waals surface area contributed by atoms with Gasteiger partial charge in [-0.3, -0.25) is 4.40 Å². The molecule has 39 heavy (non-hydrogen) atoms. The number of alkyl halides is 5. The van der Waals surface area contributed by atoms with Gasteiger partial charge >= 0.3 is 6.18 Å². The fourth-order valence-corrected chi connectivity index (χ4v) is 5.98. The minimum atomic E-state index is -4.68. The van der Waals surface area contributed by atoms with E-state index in [-0.39, 0.29) is 37.0 Å². The maximum Gasteiger partial charge on any atom is 0.434 e. The minimum absolute atomic E-state index is 0.0128. The summed E-state index contributed by atoms with van der Waals surface area (Å²) in [5.41, 5.74) is 2.18. The van der Waals surface area contributed by atoms with Crippen LogP contribution in [0, 0.1) is 12.8 Å². The molecule has 0 spiro atoms. The Balaban J connectivity index is 1.54. The van der Waals surface area contributed by atoms with Crippen LogP contribution in [-0.4, -0.2) is 37.9 Å². The first-order valence-corrected chi connectivity index (χ1v) is 12.8. The minimum Gasteiger partial charge on any atom is -0.377 e. The number of halogens is 6. The number of pyridine rings is 1. The van der Waals surface area contributed by atoms with E-state index >= 15 is 0 Å². The fourth-order valence-electron chi connectivity index (χ4n) is 5.83. The summed E-state index contributed by atoms with van der Waals surface area (Å²) in [6, 6.07) is 6.17. The molecular formula is C27H24ClF5N6. The summed E-state index contributed by atoms with van der Waals surface area (Å²) in [5, 5.41) is 4.12. The van der Waals surface area contributed by atoms with Gasteiger partial charge in [-0.1, -0.05) is 24.2 Å². The van der Waals surface area contributed by atoms with Crippen LogP contribution in [0.3, 0.4) is 0 Å². The van der Waals surface area contributed by atoms with Crippen molar-refractivity contribution >= 4 is 45.9 Å². The van der Waals surface area contributed by atoms with Gasteiger partial charge in [-0.15, -0.1) is 0 Å². The number of anilines is 2. The molecule has 3 unspecified atom stereocenters. The molecule has 6 rings (SSSR count). The van der Waals surface area contributed by atoms with Crippen LogP contribution in [0.2, 0.25) is 5.15 Å². The van der Waals surface area contributed by atoms with E-state index in [0.717, 1.165) is 11.8 Å². The summed E-state index contributed by atoms with van der Waals surface area (Å²) in [4.78, 5) is 14.8. The lowest BCUT2D eigenvalue weighted by atomic mass is 10.0. The van der Waals surface area contributed by atoms with Crippen molar-refractivity contribution in [3.8, 4) is 0 Å². The number of rotatable bonds is 5. The smallest absolute Gasteiger partial charge is 0.377 e. The molecule has 6 nitrogen and oxygen atoms in total. The second-order valence-corrected chi connectivity index (χ2v) is 10.7. The van der Waals surface area contributed by atoms with Crippen LogP contribution in [-0.2, 0) is 6.18 Å². The second kappa shape index (κ2) is 8.77. The van der Waals surface area contributed by atoms with Gasteiger partial charge in [0.15, 0.2) is 5.69 Å². The van der Waals surface area contributed by atoms with Gasteiger partial charge in [-0.05, 0) is 50.1 Å². The van der Waals surface area contributed by atoms with E-state index in [1.807, 2.05) is 19.9 Å². The summed E-state index contributed by atoms with van der Waals surface area (Å²) >= 11 is 6.02. The number of aryl methyl sites for hydroxylation is 1. The van der Waals surface area contributed by atoms with Crippen LogP contribution < -0.4 is 10.2 Å². The second-order valence-electron chi connectivity index (χ2n) is 10.3. The van der Waals surface area contributed by atoms with Crippen molar-refractivity contribution in [1.82, 2.24) is 19.4 Å². The maximum absolute atomic E-state index is 14.3. The molecule has 2 aliphatic rings. The lowest BCUT2D eigenvalue weighted by Crippen LogP contribution is -2.42. The van der Waals surface area contributed by atoms with Crippen molar-refractivity contribution in [2.45, 2.75) is 50.9 Å². The first-order chi connectivity index (χ1) is 18.4. The van der Waals surface area contributed by atoms with Crippen molar-refractivity contribution in [3.63, 3.8) is 0 Å². The van der Waals surface area contributed by atoms with Crippen LogP contribution in [0.15, 0.2) is 37.0 Å². The molecule has 0 amide bonds. The van der Waals surface area contributed by atoms with Crippen molar-refractivity contribution in [3.05, 3.63) is 64.7 Å². The highest BCUT2D eigenvalue weighted by molar-refractivity contribution is 6.29. The van der Waals surface area contributed by atoms with Crippen molar-refractivity contribution in [1.29, 1.82) is 0 Å². The summed E-state index contributed by atoms with van der Waals surface area (Å²) in [5.74, 6) is -3.48. The average molecular weight is 563 g/mol.